The van der Waals surface area contributed by atoms with Gasteiger partial charge in [0.2, 0.25) is 0 Å². The quantitative estimate of drug-likeness (QED) is 0.159. The number of hydrogen-bond acceptors (Lipinski definition) is 6. The number of nitrogens with one attached hydrogen (secondary N) is 1. The zero-order valence-corrected chi connectivity index (χ0v) is 22.9. The van der Waals surface area contributed by atoms with E-state index in [0.717, 1.165) is 15.0 Å². The first kappa shape index (κ1) is 36.6. The van der Waals surface area contributed by atoms with Crippen LogP contribution in [0.4, 0.5) is 0 Å². The van der Waals surface area contributed by atoms with E-state index < -0.39 is 0 Å². The van der Waals surface area contributed by atoms with Gasteiger partial charge in [-0.15, -0.1) is 36.5 Å². The van der Waals surface area contributed by atoms with Gasteiger partial charge in [-0.2, -0.15) is 0 Å². The van der Waals surface area contributed by atoms with Gasteiger partial charge in [-0.05, 0) is 35.8 Å². The Hall–Kier alpha value is -2.92. The Morgan fingerprint density at radius 1 is 1.00 bits per heavy atom. The van der Waals surface area contributed by atoms with E-state index in [1.165, 1.54) is 11.1 Å². The molecule has 0 amide bonds. The van der Waals surface area contributed by atoms with Gasteiger partial charge < -0.3 is 4.74 Å². The van der Waals surface area contributed by atoms with Crippen LogP contribution in [0, 0.1) is 52.4 Å². The number of terminal acetylenes is 1. The first-order chi connectivity index (χ1) is 16.7. The normalized spacial score (nSPS) is 7.06. The molecule has 0 aliphatic heterocycles. The summed E-state index contributed by atoms with van der Waals surface area (Å²) in [6.45, 7) is 5.46. The van der Waals surface area contributed by atoms with Crippen molar-refractivity contribution in [1.29, 1.82) is 4.35 Å². The fraction of sp³-hybridized carbons (Fsp3) is 0.111. The summed E-state index contributed by atoms with van der Waals surface area (Å²) < 4.78 is 10.7. The Bertz CT molecular complexity index is 1040. The molecule has 0 spiro atoms. The molecule has 0 heterocycles. The molecule has 35 heavy (non-hydrogen) atoms. The molecule has 4 radical (unpaired) electrons. The summed E-state index contributed by atoms with van der Waals surface area (Å²) in [5.74, 6) is 15.4. The van der Waals surface area contributed by atoms with Crippen molar-refractivity contribution in [2.24, 2.45) is 0 Å². The number of carbonyl (C=O) groups is 1. The standard InChI is InChI=1S/C15H14S3.C9H2O2.C3H6.Al.B.HN.3H2/c16-15(17-11-13-7-3-1-4-8-13)18-12-14-9-5-2-6-10-14;1-2-3-4-5-6-7-8-11-9-10;1-3-2;;;;;;/h1-10H,11-12H2;1,9H;3H,1H2,2H3;;;4*1H. The zero-order chi connectivity index (χ0) is 25.7. The van der Waals surface area contributed by atoms with Crippen LogP contribution in [-0.2, 0) is 21.0 Å². The minimum atomic E-state index is 0. The molecule has 0 saturated carbocycles. The van der Waals surface area contributed by atoms with E-state index in [0.29, 0.717) is 0 Å². The minimum absolute atomic E-state index is 0. The molecule has 1 N–H and O–H groups in total. The molecule has 0 bridgehead atoms. The van der Waals surface area contributed by atoms with Gasteiger partial charge in [0.1, 0.15) is 9.64 Å². The zero-order valence-electron chi connectivity index (χ0n) is 19.3. The van der Waals surface area contributed by atoms with E-state index in [1.54, 1.807) is 45.7 Å². The van der Waals surface area contributed by atoms with E-state index in [9.17, 15) is 4.79 Å². The Morgan fingerprint density at radius 2 is 1.40 bits per heavy atom. The summed E-state index contributed by atoms with van der Waals surface area (Å²) in [6.07, 6.45) is 8.54. The summed E-state index contributed by atoms with van der Waals surface area (Å²) in [7, 11) is 0. The molecule has 0 aliphatic rings. The van der Waals surface area contributed by atoms with Crippen molar-refractivity contribution < 1.29 is 13.8 Å². The van der Waals surface area contributed by atoms with Crippen LogP contribution in [0.25, 0.3) is 0 Å². The van der Waals surface area contributed by atoms with Gasteiger partial charge in [0.25, 0.3) is 0 Å². The van der Waals surface area contributed by atoms with Gasteiger partial charge in [-0.3, -0.25) is 4.79 Å². The molecule has 2 aromatic carbocycles. The second kappa shape index (κ2) is 31.1. The van der Waals surface area contributed by atoms with Crippen LogP contribution >= 0.6 is 35.7 Å². The van der Waals surface area contributed by atoms with Crippen LogP contribution in [0.3, 0.4) is 0 Å². The van der Waals surface area contributed by atoms with Crippen LogP contribution in [0.5, 0.6) is 0 Å². The summed E-state index contributed by atoms with van der Waals surface area (Å²) in [5.41, 5.74) is 2.65. The summed E-state index contributed by atoms with van der Waals surface area (Å²) in [4.78, 5) is 9.51. The van der Waals surface area contributed by atoms with E-state index >= 15 is 0 Å². The number of hydrogen-bond donors (Lipinski definition) is 1. The third-order valence-electron chi connectivity index (χ3n) is 2.88. The first-order valence-corrected chi connectivity index (χ1v) is 12.4. The fourth-order valence-electron chi connectivity index (χ4n) is 1.68. The van der Waals surface area contributed by atoms with Crippen molar-refractivity contribution in [2.45, 2.75) is 18.4 Å². The molecule has 0 saturated heterocycles. The average molecular weight is 534 g/mol. The summed E-state index contributed by atoms with van der Waals surface area (Å²) in [5, 5.41) is 0. The predicted octanol–water partition coefficient (Wildman–Crippen LogP) is 6.37. The molecule has 3 nitrogen and oxygen atoms in total. The Labute approximate surface area is 238 Å². The molecule has 0 fully saturated rings. The van der Waals surface area contributed by atoms with E-state index in [2.05, 4.69) is 95.4 Å². The van der Waals surface area contributed by atoms with Crippen molar-refractivity contribution >= 4 is 70.3 Å². The van der Waals surface area contributed by atoms with Crippen molar-refractivity contribution in [3.05, 3.63) is 84.4 Å². The molecule has 2 rings (SSSR count). The molecular formula is C27H29AlBNO2S3. The van der Waals surface area contributed by atoms with Crippen LogP contribution in [0.15, 0.2) is 73.3 Å². The number of benzene rings is 2. The molecule has 0 aromatic heterocycles. The summed E-state index contributed by atoms with van der Waals surface area (Å²) in [6, 6.07) is 20.9. The van der Waals surface area contributed by atoms with Gasteiger partial charge in [0, 0.05) is 42.0 Å². The number of carbonyl (C=O) groups excluding carboxylic acids is 1. The third-order valence-corrected chi connectivity index (χ3v) is 5.72. The first-order valence-electron chi connectivity index (χ1n) is 9.46. The predicted molar refractivity (Wildman–Crippen MR) is 164 cm³/mol. The van der Waals surface area contributed by atoms with Crippen molar-refractivity contribution in [3.8, 4) is 48.1 Å². The van der Waals surface area contributed by atoms with E-state index in [1.807, 2.05) is 25.2 Å². The SMILES string of the molecule is C#CC#CC#CC#COC=O.C=CC.S=C(SCc1ccccc1)SCc1ccccc1.[B].[HH].[HH].[HH].[NH]=[Al]. The topological polar surface area (TPSA) is 50.2 Å². The van der Waals surface area contributed by atoms with E-state index in [4.69, 9.17) is 23.0 Å². The van der Waals surface area contributed by atoms with Gasteiger partial charge >= 0.3 is 26.9 Å². The maximum absolute atomic E-state index is 9.51. The molecular weight excluding hydrogens is 504 g/mol. The van der Waals surface area contributed by atoms with E-state index in [-0.39, 0.29) is 19.2 Å². The molecule has 178 valence electrons. The van der Waals surface area contributed by atoms with Gasteiger partial charge in [0.05, 0.1) is 0 Å². The monoisotopic (exact) mass is 533 g/mol. The van der Waals surface area contributed by atoms with Crippen molar-refractivity contribution in [1.82, 2.24) is 0 Å². The summed E-state index contributed by atoms with van der Waals surface area (Å²) >= 11 is 10.5. The van der Waals surface area contributed by atoms with Crippen LogP contribution in [0.1, 0.15) is 22.3 Å². The molecule has 2 aromatic rings. The van der Waals surface area contributed by atoms with Crippen LogP contribution in [-0.4, -0.2) is 34.5 Å². The van der Waals surface area contributed by atoms with Gasteiger partial charge in [0.15, 0.2) is 0 Å². The van der Waals surface area contributed by atoms with Crippen LogP contribution < -0.4 is 0 Å². The van der Waals surface area contributed by atoms with Crippen molar-refractivity contribution in [2.75, 3.05) is 0 Å². The number of thiocarbonyl (C=S) groups is 1. The molecule has 0 atom stereocenters. The molecule has 0 aliphatic carbocycles. The Morgan fingerprint density at radius 3 is 1.80 bits per heavy atom. The number of allylic oxidation sites excluding steroid dienone is 1. The van der Waals surface area contributed by atoms with Gasteiger partial charge in [-0.1, -0.05) is 79.0 Å². The average Bonchev–Trinajstić information content (AvgIpc) is 2.89. The van der Waals surface area contributed by atoms with Crippen LogP contribution in [0.2, 0.25) is 0 Å². The number of ether oxygens (including phenoxy) is 1. The molecule has 8 heteroatoms. The van der Waals surface area contributed by atoms with Crippen molar-refractivity contribution in [3.63, 3.8) is 0 Å². The Balaban J connectivity index is -0.000000112. The maximum atomic E-state index is 9.51. The third kappa shape index (κ3) is 27.2. The second-order valence-electron chi connectivity index (χ2n) is 5.29. The van der Waals surface area contributed by atoms with Gasteiger partial charge in [-0.25, -0.2) is 0 Å². The Kier molecular flexibility index (Phi) is 32.5. The number of thioether (sulfide) groups is 2. The molecule has 0 unspecified atom stereocenters. The fourth-order valence-corrected chi connectivity index (χ4v) is 3.68. The second-order valence-corrected chi connectivity index (χ2v) is 8.45. The number of rotatable bonds is 5.